The summed E-state index contributed by atoms with van der Waals surface area (Å²) in [6.07, 6.45) is 0.919. The van der Waals surface area contributed by atoms with E-state index in [4.69, 9.17) is 16.3 Å². The lowest BCUT2D eigenvalue weighted by atomic mass is 10.1. The fourth-order valence-corrected chi connectivity index (χ4v) is 3.72. The Bertz CT molecular complexity index is 961. The highest BCUT2D eigenvalue weighted by molar-refractivity contribution is 14.1. The summed E-state index contributed by atoms with van der Waals surface area (Å²) in [6.45, 7) is 1.84. The Hall–Kier alpha value is -1.65. The number of amides is 1. The van der Waals surface area contributed by atoms with E-state index in [1.807, 2.05) is 22.6 Å². The van der Waals surface area contributed by atoms with Crippen molar-refractivity contribution in [3.8, 4) is 0 Å². The Morgan fingerprint density at radius 3 is 2.42 bits per heavy atom. The van der Waals surface area contributed by atoms with E-state index in [1.54, 1.807) is 6.92 Å². The van der Waals surface area contributed by atoms with Crippen LogP contribution in [0.2, 0.25) is 5.02 Å². The van der Waals surface area contributed by atoms with Crippen LogP contribution in [0, 0.1) is 3.57 Å². The normalized spacial score (nSPS) is 11.1. The van der Waals surface area contributed by atoms with Gasteiger partial charge in [-0.1, -0.05) is 17.7 Å². The Balaban J connectivity index is 2.52. The second-order valence-corrected chi connectivity index (χ2v) is 8.63. The quantitative estimate of drug-likeness (QED) is 0.455. The van der Waals surface area contributed by atoms with Crippen LogP contribution in [-0.4, -0.2) is 33.2 Å². The topological polar surface area (TPSA) is 80.8 Å². The molecule has 0 aliphatic carbocycles. The molecule has 0 N–H and O–H groups in total. The highest BCUT2D eigenvalue weighted by atomic mass is 127. The Kier molecular flexibility index (Phi) is 6.64. The first-order valence-corrected chi connectivity index (χ1v) is 10.7. The van der Waals surface area contributed by atoms with Crippen molar-refractivity contribution < 1.29 is 22.7 Å². The molecule has 0 saturated heterocycles. The fourth-order valence-electron chi connectivity index (χ4n) is 2.18. The molecule has 2 aromatic carbocycles. The molecule has 9 heteroatoms. The van der Waals surface area contributed by atoms with E-state index in [0.717, 1.165) is 6.26 Å². The molecule has 26 heavy (non-hydrogen) atoms. The predicted octanol–water partition coefficient (Wildman–Crippen LogP) is 3.73. The van der Waals surface area contributed by atoms with Crippen molar-refractivity contribution in [3.05, 3.63) is 62.2 Å². The predicted molar refractivity (Wildman–Crippen MR) is 108 cm³/mol. The van der Waals surface area contributed by atoms with E-state index < -0.39 is 21.9 Å². The molecular weight excluding hydrogens is 493 g/mol. The molecule has 138 valence electrons. The van der Waals surface area contributed by atoms with Gasteiger partial charge in [0.2, 0.25) is 10.0 Å². The summed E-state index contributed by atoms with van der Waals surface area (Å²) in [5.74, 6) is -1.35. The monoisotopic (exact) mass is 507 g/mol. The van der Waals surface area contributed by atoms with Crippen molar-refractivity contribution >= 4 is 61.8 Å². The standard InChI is InChI=1S/C17H15ClINO5S/c1-3-25-17(22)12-5-4-6-13(9-12)20(26(2,23)24)16(21)11-7-8-14(18)15(19)10-11/h4-10H,3H2,1-2H3. The lowest BCUT2D eigenvalue weighted by Crippen LogP contribution is -2.36. The number of anilines is 1. The van der Waals surface area contributed by atoms with Gasteiger partial charge in [-0.15, -0.1) is 0 Å². The number of sulfonamides is 1. The summed E-state index contributed by atoms with van der Waals surface area (Å²) < 4.78 is 30.7. The summed E-state index contributed by atoms with van der Waals surface area (Å²) >= 11 is 7.91. The molecule has 0 radical (unpaired) electrons. The van der Waals surface area contributed by atoms with E-state index in [0.29, 0.717) is 12.9 Å². The van der Waals surface area contributed by atoms with Gasteiger partial charge in [-0.05, 0) is 65.9 Å². The minimum Gasteiger partial charge on any atom is -0.462 e. The molecule has 0 aromatic heterocycles. The first kappa shape index (κ1) is 20.7. The van der Waals surface area contributed by atoms with Gasteiger partial charge in [0.15, 0.2) is 0 Å². The Morgan fingerprint density at radius 1 is 1.15 bits per heavy atom. The average molecular weight is 508 g/mol. The summed E-state index contributed by atoms with van der Waals surface area (Å²) in [5, 5.41) is 0.456. The van der Waals surface area contributed by atoms with Crippen molar-refractivity contribution in [1.29, 1.82) is 0 Å². The SMILES string of the molecule is CCOC(=O)c1cccc(N(C(=O)c2ccc(Cl)c(I)c2)S(C)(=O)=O)c1. The maximum atomic E-state index is 12.8. The van der Waals surface area contributed by atoms with Crippen LogP contribution in [-0.2, 0) is 14.8 Å². The zero-order valence-electron chi connectivity index (χ0n) is 13.9. The highest BCUT2D eigenvalue weighted by Crippen LogP contribution is 2.25. The number of benzene rings is 2. The number of hydrogen-bond donors (Lipinski definition) is 0. The zero-order valence-corrected chi connectivity index (χ0v) is 17.6. The summed E-state index contributed by atoms with van der Waals surface area (Å²) in [5.41, 5.74) is 0.357. The molecule has 1 amide bonds. The number of rotatable bonds is 5. The molecule has 2 aromatic rings. The Morgan fingerprint density at radius 2 is 1.85 bits per heavy atom. The van der Waals surface area contributed by atoms with Crippen LogP contribution in [0.25, 0.3) is 0 Å². The lowest BCUT2D eigenvalue weighted by Gasteiger charge is -2.21. The van der Waals surface area contributed by atoms with Crippen LogP contribution < -0.4 is 4.31 Å². The van der Waals surface area contributed by atoms with E-state index in [1.165, 1.54) is 42.5 Å². The fraction of sp³-hybridized carbons (Fsp3) is 0.176. The third-order valence-corrected chi connectivity index (χ3v) is 5.86. The summed E-state index contributed by atoms with van der Waals surface area (Å²) in [4.78, 5) is 24.7. The van der Waals surface area contributed by atoms with Crippen molar-refractivity contribution in [1.82, 2.24) is 0 Å². The van der Waals surface area contributed by atoms with Gasteiger partial charge < -0.3 is 4.74 Å². The van der Waals surface area contributed by atoms with E-state index in [-0.39, 0.29) is 23.4 Å². The van der Waals surface area contributed by atoms with E-state index in [2.05, 4.69) is 0 Å². The Labute approximate surface area is 170 Å². The van der Waals surface area contributed by atoms with Crippen LogP contribution in [0.4, 0.5) is 5.69 Å². The molecule has 0 unspecified atom stereocenters. The van der Waals surface area contributed by atoms with Crippen LogP contribution in [0.5, 0.6) is 0 Å². The van der Waals surface area contributed by atoms with Gasteiger partial charge >= 0.3 is 5.97 Å². The van der Waals surface area contributed by atoms with Gasteiger partial charge in [-0.3, -0.25) is 4.79 Å². The number of halogens is 2. The number of carbonyl (C=O) groups excluding carboxylic acids is 2. The molecule has 6 nitrogen and oxygen atoms in total. The third kappa shape index (κ3) is 4.74. The average Bonchev–Trinajstić information content (AvgIpc) is 2.56. The minimum absolute atomic E-state index is 0.0491. The van der Waals surface area contributed by atoms with Crippen molar-refractivity contribution in [2.75, 3.05) is 17.2 Å². The summed E-state index contributed by atoms with van der Waals surface area (Å²) in [6, 6.07) is 10.2. The molecule has 0 aliphatic rings. The second-order valence-electron chi connectivity index (χ2n) is 5.23. The van der Waals surface area contributed by atoms with Crippen molar-refractivity contribution in [2.45, 2.75) is 6.92 Å². The number of carbonyl (C=O) groups is 2. The maximum absolute atomic E-state index is 12.8. The number of nitrogens with zero attached hydrogens (tertiary/aromatic N) is 1. The zero-order chi connectivity index (χ0) is 19.5. The van der Waals surface area contributed by atoms with Gasteiger partial charge in [-0.2, -0.15) is 0 Å². The van der Waals surface area contributed by atoms with Crippen molar-refractivity contribution in [3.63, 3.8) is 0 Å². The molecule has 0 fully saturated rings. The first-order valence-electron chi connectivity index (χ1n) is 7.42. The third-order valence-electron chi connectivity index (χ3n) is 3.27. The number of hydrogen-bond acceptors (Lipinski definition) is 5. The van der Waals surface area contributed by atoms with E-state index >= 15 is 0 Å². The molecule has 0 saturated carbocycles. The maximum Gasteiger partial charge on any atom is 0.338 e. The summed E-state index contributed by atoms with van der Waals surface area (Å²) in [7, 11) is -3.95. The van der Waals surface area contributed by atoms with Crippen LogP contribution in [0.15, 0.2) is 42.5 Å². The highest BCUT2D eigenvalue weighted by Gasteiger charge is 2.27. The van der Waals surface area contributed by atoms with E-state index in [9.17, 15) is 18.0 Å². The molecule has 0 bridgehead atoms. The molecule has 0 aliphatic heterocycles. The first-order chi connectivity index (χ1) is 12.1. The van der Waals surface area contributed by atoms with Crippen LogP contribution >= 0.6 is 34.2 Å². The molecular formula is C17H15ClINO5S. The minimum atomic E-state index is -3.95. The van der Waals surface area contributed by atoms with Gasteiger partial charge in [0.25, 0.3) is 5.91 Å². The molecule has 0 heterocycles. The van der Waals surface area contributed by atoms with Crippen LogP contribution in [0.3, 0.4) is 0 Å². The second kappa shape index (κ2) is 8.36. The lowest BCUT2D eigenvalue weighted by molar-refractivity contribution is 0.0526. The largest absolute Gasteiger partial charge is 0.462 e. The van der Waals surface area contributed by atoms with Crippen molar-refractivity contribution in [2.24, 2.45) is 0 Å². The van der Waals surface area contributed by atoms with Gasteiger partial charge in [0, 0.05) is 9.13 Å². The van der Waals surface area contributed by atoms with Gasteiger partial charge in [0.05, 0.1) is 29.1 Å². The van der Waals surface area contributed by atoms with Gasteiger partial charge in [-0.25, -0.2) is 17.5 Å². The van der Waals surface area contributed by atoms with Crippen LogP contribution in [0.1, 0.15) is 27.6 Å². The number of ether oxygens (including phenoxy) is 1. The molecule has 0 spiro atoms. The smallest absolute Gasteiger partial charge is 0.338 e. The molecule has 0 atom stereocenters. The number of esters is 1. The molecule has 2 rings (SSSR count). The van der Waals surface area contributed by atoms with Gasteiger partial charge in [0.1, 0.15) is 0 Å².